The van der Waals surface area contributed by atoms with Crippen molar-refractivity contribution in [2.24, 2.45) is 0 Å². The van der Waals surface area contributed by atoms with Gasteiger partial charge in [-0.25, -0.2) is 4.98 Å². The van der Waals surface area contributed by atoms with E-state index in [0.29, 0.717) is 5.15 Å². The first-order valence-electron chi connectivity index (χ1n) is 4.86. The second-order valence-electron chi connectivity index (χ2n) is 3.53. The maximum atomic E-state index is 9.25. The van der Waals surface area contributed by atoms with Gasteiger partial charge in [0.15, 0.2) is 0 Å². The van der Waals surface area contributed by atoms with Crippen LogP contribution in [0.4, 0.5) is 11.8 Å². The molecule has 1 aromatic heterocycles. The van der Waals surface area contributed by atoms with Crippen molar-refractivity contribution in [2.45, 2.75) is 12.8 Å². The number of aliphatic hydroxyl groups is 1. The zero-order valence-corrected chi connectivity index (χ0v) is 9.20. The van der Waals surface area contributed by atoms with Crippen LogP contribution >= 0.6 is 11.6 Å². The smallest absolute Gasteiger partial charge is 0.223 e. The van der Waals surface area contributed by atoms with Crippen LogP contribution in [0.15, 0.2) is 0 Å². The molecule has 0 spiro atoms. The van der Waals surface area contributed by atoms with E-state index in [1.165, 1.54) is 0 Å². The molecule has 0 aromatic carbocycles. The Labute approximate surface area is 92.9 Å². The topological polar surface area (TPSA) is 75.3 Å². The largest absolute Gasteiger partial charge is 0.396 e. The minimum absolute atomic E-state index is 0.00644. The van der Waals surface area contributed by atoms with E-state index in [-0.39, 0.29) is 18.5 Å². The van der Waals surface area contributed by atoms with E-state index in [0.717, 1.165) is 24.5 Å². The Kier molecular flexibility index (Phi) is 2.67. The quantitative estimate of drug-likeness (QED) is 0.727. The van der Waals surface area contributed by atoms with Crippen molar-refractivity contribution in [3.8, 4) is 0 Å². The third-order valence-corrected chi connectivity index (χ3v) is 2.94. The van der Waals surface area contributed by atoms with Crippen molar-refractivity contribution in [2.75, 3.05) is 30.3 Å². The fourth-order valence-electron chi connectivity index (χ4n) is 1.91. The monoisotopic (exact) mass is 228 g/mol. The van der Waals surface area contributed by atoms with Crippen molar-refractivity contribution in [1.29, 1.82) is 0 Å². The van der Waals surface area contributed by atoms with Crippen LogP contribution in [0, 0.1) is 0 Å². The summed E-state index contributed by atoms with van der Waals surface area (Å²) in [6.45, 7) is 3.61. The highest BCUT2D eigenvalue weighted by Crippen LogP contribution is 2.38. The lowest BCUT2D eigenvalue weighted by Gasteiger charge is -2.15. The molecular formula is C9H13ClN4O. The molecule has 2 rings (SSSR count). The number of fused-ring (bicyclic) bond motifs is 1. The molecule has 0 fully saturated rings. The molecule has 1 atom stereocenters. The first-order valence-corrected chi connectivity index (χ1v) is 5.23. The molecule has 5 nitrogen and oxygen atoms in total. The van der Waals surface area contributed by atoms with Crippen LogP contribution in [0.25, 0.3) is 0 Å². The van der Waals surface area contributed by atoms with Crippen molar-refractivity contribution in [3.63, 3.8) is 0 Å². The number of likely N-dealkylation sites (N-methyl/N-ethyl adjacent to an activating group) is 1. The Bertz CT molecular complexity index is 385. The fourth-order valence-corrected chi connectivity index (χ4v) is 2.24. The van der Waals surface area contributed by atoms with Crippen LogP contribution in [0.2, 0.25) is 5.15 Å². The predicted octanol–water partition coefficient (Wildman–Crippen LogP) is 0.628. The molecule has 1 unspecified atom stereocenters. The van der Waals surface area contributed by atoms with Gasteiger partial charge in [-0.1, -0.05) is 11.6 Å². The van der Waals surface area contributed by atoms with E-state index in [2.05, 4.69) is 9.97 Å². The van der Waals surface area contributed by atoms with E-state index in [1.54, 1.807) is 0 Å². The van der Waals surface area contributed by atoms with E-state index in [9.17, 15) is 5.11 Å². The summed E-state index contributed by atoms with van der Waals surface area (Å²) in [5.74, 6) is 0.929. The second kappa shape index (κ2) is 3.83. The van der Waals surface area contributed by atoms with Gasteiger partial charge in [0, 0.05) is 24.6 Å². The highest BCUT2D eigenvalue weighted by atomic mass is 35.5. The summed E-state index contributed by atoms with van der Waals surface area (Å²) in [5, 5.41) is 9.60. The number of hydrogen-bond acceptors (Lipinski definition) is 5. The highest BCUT2D eigenvalue weighted by molar-refractivity contribution is 6.30. The lowest BCUT2D eigenvalue weighted by Crippen LogP contribution is -2.22. The number of nitrogen functional groups attached to an aromatic ring is 1. The van der Waals surface area contributed by atoms with Crippen LogP contribution in [-0.4, -0.2) is 34.8 Å². The number of rotatable bonds is 2. The maximum absolute atomic E-state index is 9.25. The normalized spacial score (nSPS) is 19.4. The zero-order chi connectivity index (χ0) is 11.0. The molecule has 1 aliphatic rings. The SMILES string of the molecule is CCN1CC(CO)c2c(Cl)nc(N)nc21. The highest BCUT2D eigenvalue weighted by Gasteiger charge is 2.32. The number of halogens is 1. The Morgan fingerprint density at radius 2 is 2.33 bits per heavy atom. The minimum atomic E-state index is -0.00644. The lowest BCUT2D eigenvalue weighted by molar-refractivity contribution is 0.270. The molecule has 0 bridgehead atoms. The molecule has 6 heteroatoms. The van der Waals surface area contributed by atoms with Crippen molar-refractivity contribution >= 4 is 23.4 Å². The molecule has 0 aliphatic carbocycles. The van der Waals surface area contributed by atoms with E-state index < -0.39 is 0 Å². The van der Waals surface area contributed by atoms with Gasteiger partial charge in [0.2, 0.25) is 5.95 Å². The van der Waals surface area contributed by atoms with Gasteiger partial charge in [-0.05, 0) is 6.92 Å². The second-order valence-corrected chi connectivity index (χ2v) is 3.89. The molecule has 2 heterocycles. The first kappa shape index (κ1) is 10.4. The first-order chi connectivity index (χ1) is 7.17. The van der Waals surface area contributed by atoms with Gasteiger partial charge in [-0.3, -0.25) is 0 Å². The molecule has 1 aromatic rings. The number of hydrogen-bond donors (Lipinski definition) is 2. The number of anilines is 2. The molecule has 1 aliphatic heterocycles. The summed E-state index contributed by atoms with van der Waals surface area (Å²) in [6, 6.07) is 0. The van der Waals surface area contributed by atoms with Gasteiger partial charge in [0.05, 0.1) is 6.61 Å². The summed E-state index contributed by atoms with van der Waals surface area (Å²) in [5.41, 5.74) is 6.35. The van der Waals surface area contributed by atoms with Crippen LogP contribution in [0.5, 0.6) is 0 Å². The average molecular weight is 229 g/mol. The van der Waals surface area contributed by atoms with E-state index in [1.807, 2.05) is 11.8 Å². The van der Waals surface area contributed by atoms with Gasteiger partial charge in [-0.2, -0.15) is 4.98 Å². The van der Waals surface area contributed by atoms with Gasteiger partial charge < -0.3 is 15.7 Å². The molecule has 3 N–H and O–H groups in total. The van der Waals surface area contributed by atoms with Gasteiger partial charge in [0.25, 0.3) is 0 Å². The van der Waals surface area contributed by atoms with Crippen LogP contribution in [-0.2, 0) is 0 Å². The van der Waals surface area contributed by atoms with Crippen LogP contribution in [0.1, 0.15) is 18.4 Å². The Morgan fingerprint density at radius 1 is 1.60 bits per heavy atom. The lowest BCUT2D eigenvalue weighted by atomic mass is 10.1. The summed E-state index contributed by atoms with van der Waals surface area (Å²) in [7, 11) is 0. The molecule has 82 valence electrons. The molecule has 15 heavy (non-hydrogen) atoms. The zero-order valence-electron chi connectivity index (χ0n) is 8.44. The standard InChI is InChI=1S/C9H13ClN4O/c1-2-14-3-5(4-15)6-7(10)12-9(11)13-8(6)14/h5,15H,2-4H2,1H3,(H2,11,12,13). The van der Waals surface area contributed by atoms with Gasteiger partial charge in [0.1, 0.15) is 11.0 Å². The van der Waals surface area contributed by atoms with Crippen LogP contribution in [0.3, 0.4) is 0 Å². The molecule has 0 radical (unpaired) electrons. The Morgan fingerprint density at radius 3 is 2.93 bits per heavy atom. The molecular weight excluding hydrogens is 216 g/mol. The Balaban J connectivity index is 2.53. The summed E-state index contributed by atoms with van der Waals surface area (Å²) in [4.78, 5) is 10.1. The van der Waals surface area contributed by atoms with E-state index in [4.69, 9.17) is 17.3 Å². The minimum Gasteiger partial charge on any atom is -0.396 e. The van der Waals surface area contributed by atoms with Gasteiger partial charge >= 0.3 is 0 Å². The number of aromatic nitrogens is 2. The summed E-state index contributed by atoms with van der Waals surface area (Å²) >= 11 is 6.00. The van der Waals surface area contributed by atoms with Crippen molar-refractivity contribution < 1.29 is 5.11 Å². The van der Waals surface area contributed by atoms with Crippen molar-refractivity contribution in [3.05, 3.63) is 10.7 Å². The fraction of sp³-hybridized carbons (Fsp3) is 0.556. The molecule has 0 amide bonds. The third-order valence-electron chi connectivity index (χ3n) is 2.65. The maximum Gasteiger partial charge on any atom is 0.223 e. The number of aliphatic hydroxyl groups excluding tert-OH is 1. The predicted molar refractivity (Wildman–Crippen MR) is 59.2 cm³/mol. The number of nitrogens with zero attached hydrogens (tertiary/aromatic N) is 3. The average Bonchev–Trinajstić information content (AvgIpc) is 2.55. The van der Waals surface area contributed by atoms with E-state index >= 15 is 0 Å². The molecule has 0 saturated carbocycles. The molecule has 0 saturated heterocycles. The Hall–Kier alpha value is -1.07. The number of nitrogens with two attached hydrogens (primary N) is 1. The third kappa shape index (κ3) is 1.61. The summed E-state index contributed by atoms with van der Waals surface area (Å²) < 4.78 is 0. The van der Waals surface area contributed by atoms with Crippen molar-refractivity contribution in [1.82, 2.24) is 9.97 Å². The van der Waals surface area contributed by atoms with Crippen LogP contribution < -0.4 is 10.6 Å². The summed E-state index contributed by atoms with van der Waals surface area (Å²) in [6.07, 6.45) is 0. The van der Waals surface area contributed by atoms with Gasteiger partial charge in [-0.15, -0.1) is 0 Å².